The van der Waals surface area contributed by atoms with E-state index in [0.717, 1.165) is 59.2 Å². The third kappa shape index (κ3) is 5.41. The molecule has 0 aromatic rings. The molecule has 2 fully saturated rings. The molecule has 0 spiro atoms. The maximum atomic E-state index is 6.00. The number of hydrogen-bond acceptors (Lipinski definition) is 4. The lowest BCUT2D eigenvalue weighted by molar-refractivity contribution is 0.0219. The third-order valence-electron chi connectivity index (χ3n) is 3.52. The molecule has 1 atom stereocenters. The minimum absolute atomic E-state index is 0. The van der Waals surface area contributed by atoms with Gasteiger partial charge in [0.2, 0.25) is 0 Å². The zero-order valence-electron chi connectivity index (χ0n) is 11.6. The minimum Gasteiger partial charge on any atom is -0.379 e. The van der Waals surface area contributed by atoms with E-state index in [1.165, 1.54) is 0 Å². The van der Waals surface area contributed by atoms with E-state index in [2.05, 4.69) is 21.7 Å². The van der Waals surface area contributed by atoms with Crippen molar-refractivity contribution in [1.82, 2.24) is 9.80 Å². The highest BCUT2D eigenvalue weighted by molar-refractivity contribution is 14.0. The Kier molecular flexibility index (Phi) is 7.96. The third-order valence-corrected chi connectivity index (χ3v) is 3.52. The standard InChI is InChI=1S/C12H24N4O2.HI/c1-11(15-2-6-17-7-3-15)10-14-12(13)16-4-8-18-9-5-16;/h11H,2-10H2,1H3,(H2,13,14);1H. The second-order valence-corrected chi connectivity index (χ2v) is 4.80. The molecule has 7 heteroatoms. The van der Waals surface area contributed by atoms with Crippen LogP contribution in [-0.2, 0) is 9.47 Å². The molecule has 2 rings (SSSR count). The number of guanidine groups is 1. The Morgan fingerprint density at radius 2 is 1.63 bits per heavy atom. The Balaban J connectivity index is 0.00000180. The van der Waals surface area contributed by atoms with E-state index in [0.29, 0.717) is 12.0 Å². The molecule has 0 aromatic carbocycles. The molecule has 0 radical (unpaired) electrons. The minimum atomic E-state index is 0. The second kappa shape index (κ2) is 8.93. The molecule has 0 aliphatic carbocycles. The summed E-state index contributed by atoms with van der Waals surface area (Å²) < 4.78 is 10.6. The molecule has 6 nitrogen and oxygen atoms in total. The van der Waals surface area contributed by atoms with E-state index in [-0.39, 0.29) is 24.0 Å². The second-order valence-electron chi connectivity index (χ2n) is 4.80. The van der Waals surface area contributed by atoms with E-state index in [1.54, 1.807) is 0 Å². The van der Waals surface area contributed by atoms with Gasteiger partial charge in [-0.25, -0.2) is 0 Å². The summed E-state index contributed by atoms with van der Waals surface area (Å²) in [4.78, 5) is 9.00. The Morgan fingerprint density at radius 1 is 1.11 bits per heavy atom. The van der Waals surface area contributed by atoms with Crippen molar-refractivity contribution in [2.75, 3.05) is 59.2 Å². The zero-order valence-corrected chi connectivity index (χ0v) is 13.9. The molecular formula is C12H25IN4O2. The maximum absolute atomic E-state index is 6.00. The van der Waals surface area contributed by atoms with Gasteiger partial charge in [-0.3, -0.25) is 9.89 Å². The fourth-order valence-electron chi connectivity index (χ4n) is 2.25. The Hall–Kier alpha value is -0.120. The zero-order chi connectivity index (χ0) is 12.8. The molecule has 19 heavy (non-hydrogen) atoms. The lowest BCUT2D eigenvalue weighted by Crippen LogP contribution is -2.46. The highest BCUT2D eigenvalue weighted by Crippen LogP contribution is 2.04. The van der Waals surface area contributed by atoms with Crippen LogP contribution in [-0.4, -0.2) is 81.0 Å². The summed E-state index contributed by atoms with van der Waals surface area (Å²) >= 11 is 0. The molecule has 2 heterocycles. The molecule has 0 aromatic heterocycles. The van der Waals surface area contributed by atoms with Gasteiger partial charge in [-0.1, -0.05) is 0 Å². The number of nitrogens with zero attached hydrogens (tertiary/aromatic N) is 3. The van der Waals surface area contributed by atoms with Crippen molar-refractivity contribution >= 4 is 29.9 Å². The van der Waals surface area contributed by atoms with Gasteiger partial charge in [0.1, 0.15) is 0 Å². The van der Waals surface area contributed by atoms with E-state index in [4.69, 9.17) is 15.2 Å². The number of hydrogen-bond donors (Lipinski definition) is 1. The largest absolute Gasteiger partial charge is 0.379 e. The van der Waals surface area contributed by atoms with Gasteiger partial charge in [0.25, 0.3) is 0 Å². The number of nitrogens with two attached hydrogens (primary N) is 1. The van der Waals surface area contributed by atoms with Crippen molar-refractivity contribution in [3.8, 4) is 0 Å². The van der Waals surface area contributed by atoms with Crippen LogP contribution < -0.4 is 5.73 Å². The van der Waals surface area contributed by atoms with Crippen molar-refractivity contribution in [3.05, 3.63) is 0 Å². The fraction of sp³-hybridized carbons (Fsp3) is 0.917. The van der Waals surface area contributed by atoms with E-state index in [1.807, 2.05) is 0 Å². The first-order chi connectivity index (χ1) is 8.77. The summed E-state index contributed by atoms with van der Waals surface area (Å²) in [5.41, 5.74) is 6.00. The summed E-state index contributed by atoms with van der Waals surface area (Å²) in [5, 5.41) is 0. The van der Waals surface area contributed by atoms with Crippen LogP contribution >= 0.6 is 24.0 Å². The van der Waals surface area contributed by atoms with Crippen molar-refractivity contribution < 1.29 is 9.47 Å². The molecule has 0 bridgehead atoms. The van der Waals surface area contributed by atoms with Gasteiger partial charge < -0.3 is 20.1 Å². The van der Waals surface area contributed by atoms with Gasteiger partial charge in [-0.05, 0) is 6.92 Å². The van der Waals surface area contributed by atoms with Crippen LogP contribution in [0.1, 0.15) is 6.92 Å². The Labute approximate surface area is 132 Å². The molecule has 1 unspecified atom stereocenters. The van der Waals surface area contributed by atoms with E-state index >= 15 is 0 Å². The van der Waals surface area contributed by atoms with Crippen LogP contribution in [0.25, 0.3) is 0 Å². The summed E-state index contributed by atoms with van der Waals surface area (Å²) in [5.74, 6) is 0.651. The van der Waals surface area contributed by atoms with Gasteiger partial charge in [0, 0.05) is 32.2 Å². The van der Waals surface area contributed by atoms with E-state index in [9.17, 15) is 0 Å². The number of aliphatic imine (C=N–C) groups is 1. The summed E-state index contributed by atoms with van der Waals surface area (Å²) in [6.07, 6.45) is 0. The summed E-state index contributed by atoms with van der Waals surface area (Å²) in [7, 11) is 0. The number of ether oxygens (including phenoxy) is 2. The van der Waals surface area contributed by atoms with Crippen molar-refractivity contribution in [2.45, 2.75) is 13.0 Å². The molecule has 2 aliphatic heterocycles. The highest BCUT2D eigenvalue weighted by atomic mass is 127. The summed E-state index contributed by atoms with van der Waals surface area (Å²) in [6.45, 7) is 9.78. The molecular weight excluding hydrogens is 359 g/mol. The lowest BCUT2D eigenvalue weighted by atomic mass is 10.2. The fourth-order valence-corrected chi connectivity index (χ4v) is 2.25. The summed E-state index contributed by atoms with van der Waals surface area (Å²) in [6, 6.07) is 0.425. The average Bonchev–Trinajstić information content (AvgIpc) is 2.46. The molecule has 0 amide bonds. The van der Waals surface area contributed by atoms with Gasteiger partial charge in [-0.2, -0.15) is 0 Å². The predicted octanol–water partition coefficient (Wildman–Crippen LogP) is -0.0280. The average molecular weight is 384 g/mol. The normalized spacial score (nSPS) is 23.8. The maximum Gasteiger partial charge on any atom is 0.191 e. The topological polar surface area (TPSA) is 63.3 Å². The van der Waals surface area contributed by atoms with Crippen molar-refractivity contribution in [2.24, 2.45) is 10.7 Å². The van der Waals surface area contributed by atoms with Crippen LogP contribution in [0.4, 0.5) is 0 Å². The number of halogens is 1. The molecule has 0 saturated carbocycles. The number of rotatable bonds is 3. The monoisotopic (exact) mass is 384 g/mol. The van der Waals surface area contributed by atoms with Gasteiger partial charge >= 0.3 is 0 Å². The van der Waals surface area contributed by atoms with Crippen LogP contribution in [0.3, 0.4) is 0 Å². The lowest BCUT2D eigenvalue weighted by Gasteiger charge is -2.32. The first kappa shape index (κ1) is 16.9. The van der Waals surface area contributed by atoms with Crippen LogP contribution in [0.15, 0.2) is 4.99 Å². The molecule has 2 N–H and O–H groups in total. The Bertz CT molecular complexity index is 279. The molecule has 112 valence electrons. The van der Waals surface area contributed by atoms with Crippen LogP contribution in [0, 0.1) is 0 Å². The Morgan fingerprint density at radius 3 is 2.21 bits per heavy atom. The van der Waals surface area contributed by atoms with Gasteiger partial charge in [0.05, 0.1) is 33.0 Å². The first-order valence-electron chi connectivity index (χ1n) is 6.72. The first-order valence-corrected chi connectivity index (χ1v) is 6.72. The quantitative estimate of drug-likeness (QED) is 0.421. The van der Waals surface area contributed by atoms with Crippen molar-refractivity contribution in [3.63, 3.8) is 0 Å². The number of morpholine rings is 2. The van der Waals surface area contributed by atoms with Crippen molar-refractivity contribution in [1.29, 1.82) is 0 Å². The van der Waals surface area contributed by atoms with Gasteiger partial charge in [0.15, 0.2) is 5.96 Å². The van der Waals surface area contributed by atoms with Crippen LogP contribution in [0.2, 0.25) is 0 Å². The SMILES string of the molecule is CC(CN=C(N)N1CCOCC1)N1CCOCC1.I. The predicted molar refractivity (Wildman–Crippen MR) is 86.2 cm³/mol. The highest BCUT2D eigenvalue weighted by Gasteiger charge is 2.17. The van der Waals surface area contributed by atoms with Gasteiger partial charge in [-0.15, -0.1) is 24.0 Å². The smallest absolute Gasteiger partial charge is 0.191 e. The molecule has 2 saturated heterocycles. The van der Waals surface area contributed by atoms with Crippen LogP contribution in [0.5, 0.6) is 0 Å². The van der Waals surface area contributed by atoms with E-state index < -0.39 is 0 Å². The molecule has 2 aliphatic rings.